The molecule has 5 aliphatic rings. The molecule has 0 amide bonds. The summed E-state index contributed by atoms with van der Waals surface area (Å²) in [5, 5.41) is 22.9. The average Bonchev–Trinajstić information content (AvgIpc) is 3.23. The Morgan fingerprint density at radius 2 is 1.95 bits per heavy atom. The summed E-state index contributed by atoms with van der Waals surface area (Å²) in [7, 11) is 0. The van der Waals surface area contributed by atoms with E-state index in [1.165, 1.54) is 5.57 Å². The lowest BCUT2D eigenvalue weighted by Crippen LogP contribution is -2.58. The van der Waals surface area contributed by atoms with E-state index in [1.807, 2.05) is 12.2 Å². The molecule has 1 aliphatic carbocycles. The van der Waals surface area contributed by atoms with E-state index in [-0.39, 0.29) is 18.8 Å². The molecule has 1 spiro atoms. The molecule has 5 rings (SSSR count). The maximum Gasteiger partial charge on any atom is 0.316 e. The number of aliphatic hydroxyl groups is 2. The van der Waals surface area contributed by atoms with Crippen LogP contribution in [0, 0.1) is 17.8 Å². The van der Waals surface area contributed by atoms with Crippen LogP contribution in [-0.2, 0) is 23.7 Å². The molecule has 7 heteroatoms. The second kappa shape index (κ2) is 11.2. The molecule has 0 aromatic carbocycles. The average molecular weight is 543 g/mol. The third kappa shape index (κ3) is 5.58. The molecular formula is C32H46O7. The predicted octanol–water partition coefficient (Wildman–Crippen LogP) is 4.92. The molecule has 10 atom stereocenters. The maximum absolute atomic E-state index is 13.9. The molecule has 39 heavy (non-hydrogen) atoms. The van der Waals surface area contributed by atoms with Crippen LogP contribution in [-0.4, -0.2) is 64.7 Å². The minimum absolute atomic E-state index is 0.104. The Balaban J connectivity index is 1.51. The Morgan fingerprint density at radius 1 is 1.15 bits per heavy atom. The first kappa shape index (κ1) is 28.7. The topological polar surface area (TPSA) is 94.5 Å². The zero-order valence-corrected chi connectivity index (χ0v) is 24.1. The highest BCUT2D eigenvalue weighted by molar-refractivity contribution is 5.78. The molecule has 2 bridgehead atoms. The number of carbonyl (C=O) groups excluding carboxylic acids is 1. The van der Waals surface area contributed by atoms with Crippen molar-refractivity contribution in [3.8, 4) is 0 Å². The largest absolute Gasteiger partial charge is 0.462 e. The molecule has 3 saturated heterocycles. The quantitative estimate of drug-likeness (QED) is 0.359. The third-order valence-corrected chi connectivity index (χ3v) is 9.50. The molecule has 7 nitrogen and oxygen atoms in total. The summed E-state index contributed by atoms with van der Waals surface area (Å²) in [4.78, 5) is 13.9. The predicted molar refractivity (Wildman–Crippen MR) is 148 cm³/mol. The van der Waals surface area contributed by atoms with Crippen LogP contribution in [0.25, 0.3) is 0 Å². The SMILES string of the molecule is CC[C@H]1O[C@]2(CC[C@@H]1C)C[C@@H]1CC(C/C=C(\C)C[C@@H](C)/C=C/C=C3\CO[C@@H]4[C@H](O)C(C)=CC(C(=O)O1)[C@]34O)O2. The summed E-state index contributed by atoms with van der Waals surface area (Å²) in [5.74, 6) is -1.52. The van der Waals surface area contributed by atoms with Crippen LogP contribution < -0.4 is 0 Å². The van der Waals surface area contributed by atoms with Gasteiger partial charge in [-0.25, -0.2) is 0 Å². The van der Waals surface area contributed by atoms with Gasteiger partial charge in [0.2, 0.25) is 0 Å². The van der Waals surface area contributed by atoms with Crippen molar-refractivity contribution in [2.75, 3.05) is 6.61 Å². The Labute approximate surface area is 232 Å². The highest BCUT2D eigenvalue weighted by Gasteiger charge is 2.60. The molecular weight excluding hydrogens is 496 g/mol. The van der Waals surface area contributed by atoms with Crippen molar-refractivity contribution in [2.45, 2.75) is 121 Å². The van der Waals surface area contributed by atoms with Gasteiger partial charge in [0.05, 0.1) is 18.8 Å². The highest BCUT2D eigenvalue weighted by atomic mass is 16.7. The van der Waals surface area contributed by atoms with Gasteiger partial charge in [-0.2, -0.15) is 0 Å². The van der Waals surface area contributed by atoms with E-state index >= 15 is 0 Å². The lowest BCUT2D eigenvalue weighted by atomic mass is 9.71. The molecule has 0 aromatic heterocycles. The summed E-state index contributed by atoms with van der Waals surface area (Å²) >= 11 is 0. The molecule has 2 N–H and O–H groups in total. The monoisotopic (exact) mass is 542 g/mol. The minimum atomic E-state index is -1.68. The van der Waals surface area contributed by atoms with Crippen molar-refractivity contribution in [2.24, 2.45) is 17.8 Å². The Morgan fingerprint density at radius 3 is 2.72 bits per heavy atom. The first-order chi connectivity index (χ1) is 18.5. The number of aliphatic hydroxyl groups excluding tert-OH is 1. The summed E-state index contributed by atoms with van der Waals surface area (Å²) in [6, 6.07) is 0. The van der Waals surface area contributed by atoms with Gasteiger partial charge in [0.1, 0.15) is 29.8 Å². The second-order valence-electron chi connectivity index (χ2n) is 12.7. The van der Waals surface area contributed by atoms with E-state index in [0.717, 1.165) is 32.1 Å². The zero-order valence-electron chi connectivity index (χ0n) is 24.1. The van der Waals surface area contributed by atoms with Crippen LogP contribution in [0.1, 0.15) is 79.6 Å². The number of hydrogen-bond acceptors (Lipinski definition) is 7. The van der Waals surface area contributed by atoms with Crippen LogP contribution >= 0.6 is 0 Å². The fourth-order valence-corrected chi connectivity index (χ4v) is 7.23. The first-order valence-corrected chi connectivity index (χ1v) is 14.8. The van der Waals surface area contributed by atoms with Gasteiger partial charge in [0.15, 0.2) is 5.79 Å². The first-order valence-electron chi connectivity index (χ1n) is 14.8. The Kier molecular flexibility index (Phi) is 8.29. The molecule has 216 valence electrons. The fourth-order valence-electron chi connectivity index (χ4n) is 7.23. The molecule has 0 aromatic rings. The highest BCUT2D eigenvalue weighted by Crippen LogP contribution is 2.47. The van der Waals surface area contributed by atoms with Gasteiger partial charge in [-0.1, -0.05) is 56.7 Å². The molecule has 2 unspecified atom stereocenters. The maximum atomic E-state index is 13.9. The van der Waals surface area contributed by atoms with Crippen LogP contribution in [0.3, 0.4) is 0 Å². The van der Waals surface area contributed by atoms with Crippen LogP contribution in [0.4, 0.5) is 0 Å². The van der Waals surface area contributed by atoms with E-state index in [1.54, 1.807) is 13.0 Å². The minimum Gasteiger partial charge on any atom is -0.462 e. The van der Waals surface area contributed by atoms with Crippen molar-refractivity contribution in [1.29, 1.82) is 0 Å². The number of hydrogen-bond donors (Lipinski definition) is 2. The lowest BCUT2D eigenvalue weighted by molar-refractivity contribution is -0.335. The standard InChI is InChI=1S/C32H46O7/c1-6-27-21(4)12-13-31(39-27)17-25-16-24(38-31)11-10-20(3)14-19(2)8-7-9-23-18-36-29-28(33)22(5)15-26(30(34)37-25)32(23,29)35/h7-10,15,19,21,24-29,33,35H,6,11-14,16-18H2,1-5H3/b8-7+,20-10+,23-9+/t19-,21-,24?,25-,26?,27+,28+,29+,31+,32+/m0/s1. The van der Waals surface area contributed by atoms with Crippen molar-refractivity contribution in [3.05, 3.63) is 47.1 Å². The van der Waals surface area contributed by atoms with Gasteiger partial charge in [-0.3, -0.25) is 4.79 Å². The van der Waals surface area contributed by atoms with Gasteiger partial charge in [-0.15, -0.1) is 0 Å². The molecule has 4 aliphatic heterocycles. The summed E-state index contributed by atoms with van der Waals surface area (Å²) < 4.78 is 25.4. The van der Waals surface area contributed by atoms with Gasteiger partial charge in [0, 0.05) is 19.3 Å². The number of rotatable bonds is 1. The molecule has 4 heterocycles. The van der Waals surface area contributed by atoms with Crippen molar-refractivity contribution >= 4 is 5.97 Å². The summed E-state index contributed by atoms with van der Waals surface area (Å²) in [6.07, 6.45) is 12.8. The van der Waals surface area contributed by atoms with E-state index in [2.05, 4.69) is 39.8 Å². The van der Waals surface area contributed by atoms with E-state index in [9.17, 15) is 15.0 Å². The van der Waals surface area contributed by atoms with Gasteiger partial charge in [0.25, 0.3) is 0 Å². The Hall–Kier alpha value is -1.77. The van der Waals surface area contributed by atoms with E-state index < -0.39 is 41.6 Å². The zero-order chi connectivity index (χ0) is 27.9. The lowest BCUT2D eigenvalue weighted by Gasteiger charge is -2.50. The summed E-state index contributed by atoms with van der Waals surface area (Å²) in [6.45, 7) is 10.6. The fraction of sp³-hybridized carbons (Fsp3) is 0.719. The smallest absolute Gasteiger partial charge is 0.316 e. The second-order valence-corrected chi connectivity index (χ2v) is 12.7. The van der Waals surface area contributed by atoms with Crippen molar-refractivity contribution < 1.29 is 34.0 Å². The number of fused-ring (bicyclic) bond motifs is 2. The van der Waals surface area contributed by atoms with E-state index in [4.69, 9.17) is 18.9 Å². The molecule has 0 saturated carbocycles. The van der Waals surface area contributed by atoms with Crippen LogP contribution in [0.2, 0.25) is 0 Å². The van der Waals surface area contributed by atoms with Gasteiger partial charge < -0.3 is 29.2 Å². The number of carbonyl (C=O) groups is 1. The molecule has 3 fully saturated rings. The molecule has 0 radical (unpaired) electrons. The van der Waals surface area contributed by atoms with Gasteiger partial charge >= 0.3 is 5.97 Å². The normalized spacial score (nSPS) is 48.7. The number of allylic oxidation sites excluding steroid dienone is 4. The number of ether oxygens (including phenoxy) is 4. The number of esters is 1. The third-order valence-electron chi connectivity index (χ3n) is 9.50. The van der Waals surface area contributed by atoms with Crippen LogP contribution in [0.5, 0.6) is 0 Å². The van der Waals surface area contributed by atoms with Crippen molar-refractivity contribution in [3.63, 3.8) is 0 Å². The Bertz CT molecular complexity index is 1060. The van der Waals surface area contributed by atoms with Gasteiger partial charge in [-0.05, 0) is 62.5 Å². The van der Waals surface area contributed by atoms with E-state index in [0.29, 0.717) is 35.8 Å². The summed E-state index contributed by atoms with van der Waals surface area (Å²) in [5.41, 5.74) is 0.788. The van der Waals surface area contributed by atoms with Crippen molar-refractivity contribution in [1.82, 2.24) is 0 Å². The van der Waals surface area contributed by atoms with Crippen LogP contribution in [0.15, 0.2) is 47.1 Å².